The first-order chi connectivity index (χ1) is 13.6. The Labute approximate surface area is 162 Å². The molecule has 0 bridgehead atoms. The van der Waals surface area contributed by atoms with Gasteiger partial charge in [0.1, 0.15) is 17.2 Å². The summed E-state index contributed by atoms with van der Waals surface area (Å²) in [5.41, 5.74) is 1.48. The van der Waals surface area contributed by atoms with Crippen molar-refractivity contribution in [3.05, 3.63) is 54.6 Å². The van der Waals surface area contributed by atoms with Gasteiger partial charge in [-0.1, -0.05) is 18.2 Å². The lowest BCUT2D eigenvalue weighted by molar-refractivity contribution is 0.356. The molecule has 0 atom stereocenters. The van der Waals surface area contributed by atoms with E-state index in [0.29, 0.717) is 17.2 Å². The first kappa shape index (κ1) is 17.8. The summed E-state index contributed by atoms with van der Waals surface area (Å²) < 4.78 is 17.0. The molecule has 4 aromatic rings. The molecule has 0 saturated carbocycles. The van der Waals surface area contributed by atoms with E-state index < -0.39 is 0 Å². The zero-order valence-corrected chi connectivity index (χ0v) is 15.8. The normalized spacial score (nSPS) is 11.0. The monoisotopic (exact) mass is 376 g/mol. The summed E-state index contributed by atoms with van der Waals surface area (Å²) in [6.45, 7) is 0. The fourth-order valence-corrected chi connectivity index (χ4v) is 3.66. The van der Waals surface area contributed by atoms with Gasteiger partial charge in [0.15, 0.2) is 11.5 Å². The van der Waals surface area contributed by atoms with Gasteiger partial charge in [0.05, 0.1) is 21.3 Å². The van der Waals surface area contributed by atoms with Crippen LogP contribution in [0.4, 0.5) is 0 Å². The predicted molar refractivity (Wildman–Crippen MR) is 110 cm³/mol. The zero-order chi connectivity index (χ0) is 19.8. The van der Waals surface area contributed by atoms with Crippen molar-refractivity contribution < 1.29 is 24.4 Å². The molecular weight excluding hydrogens is 356 g/mol. The van der Waals surface area contributed by atoms with Crippen LogP contribution in [0.5, 0.6) is 28.7 Å². The number of benzene rings is 4. The molecule has 0 aromatic heterocycles. The molecule has 0 aliphatic heterocycles. The lowest BCUT2D eigenvalue weighted by atomic mass is 9.91. The van der Waals surface area contributed by atoms with E-state index in [4.69, 9.17) is 14.2 Å². The van der Waals surface area contributed by atoms with E-state index in [1.165, 1.54) is 0 Å². The van der Waals surface area contributed by atoms with Crippen LogP contribution in [0.25, 0.3) is 32.7 Å². The molecule has 0 heterocycles. The standard InChI is InChI=1S/C23H20O5/c1-26-19-9-6-13-4-7-15(24)11-17(13)21(19)22-18-12-16(25)8-5-14(18)10-20(27-2)23(22)28-3/h4-12,24-25H,1-3H3. The van der Waals surface area contributed by atoms with Gasteiger partial charge in [-0.15, -0.1) is 0 Å². The maximum absolute atomic E-state index is 10.1. The largest absolute Gasteiger partial charge is 0.508 e. The second kappa shape index (κ2) is 6.85. The number of methoxy groups -OCH3 is 3. The number of rotatable bonds is 4. The minimum atomic E-state index is 0.142. The van der Waals surface area contributed by atoms with Gasteiger partial charge in [-0.3, -0.25) is 0 Å². The number of aromatic hydroxyl groups is 2. The molecule has 0 aliphatic rings. The Morgan fingerprint density at radius 1 is 0.571 bits per heavy atom. The smallest absolute Gasteiger partial charge is 0.169 e. The molecule has 0 unspecified atom stereocenters. The summed E-state index contributed by atoms with van der Waals surface area (Å²) in [7, 11) is 4.75. The molecular formula is C23H20O5. The molecule has 4 rings (SSSR count). The second-order valence-electron chi connectivity index (χ2n) is 6.44. The fourth-order valence-electron chi connectivity index (χ4n) is 3.66. The SMILES string of the molecule is COc1cc2ccc(O)cc2c(-c2c(OC)ccc3ccc(O)cc23)c1OC. The van der Waals surface area contributed by atoms with Gasteiger partial charge in [0.25, 0.3) is 0 Å². The molecule has 0 aliphatic carbocycles. The second-order valence-corrected chi connectivity index (χ2v) is 6.44. The van der Waals surface area contributed by atoms with E-state index in [1.54, 1.807) is 45.6 Å². The van der Waals surface area contributed by atoms with Crippen molar-refractivity contribution in [3.63, 3.8) is 0 Å². The van der Waals surface area contributed by atoms with Gasteiger partial charge in [0, 0.05) is 11.1 Å². The Balaban J connectivity index is 2.26. The van der Waals surface area contributed by atoms with Crippen molar-refractivity contribution in [1.29, 1.82) is 0 Å². The van der Waals surface area contributed by atoms with Crippen LogP contribution in [-0.4, -0.2) is 31.5 Å². The highest BCUT2D eigenvalue weighted by molar-refractivity contribution is 6.11. The van der Waals surface area contributed by atoms with E-state index in [9.17, 15) is 10.2 Å². The third-order valence-electron chi connectivity index (χ3n) is 4.90. The number of ether oxygens (including phenoxy) is 3. The third kappa shape index (κ3) is 2.72. The van der Waals surface area contributed by atoms with Gasteiger partial charge in [-0.25, -0.2) is 0 Å². The summed E-state index contributed by atoms with van der Waals surface area (Å²) in [6.07, 6.45) is 0. The lowest BCUT2D eigenvalue weighted by Crippen LogP contribution is -1.97. The highest BCUT2D eigenvalue weighted by atomic mass is 16.5. The maximum Gasteiger partial charge on any atom is 0.169 e. The zero-order valence-electron chi connectivity index (χ0n) is 15.8. The summed E-state index contributed by atoms with van der Waals surface area (Å²) in [5.74, 6) is 2.00. The third-order valence-corrected chi connectivity index (χ3v) is 4.90. The molecule has 0 saturated heterocycles. The number of phenolic OH excluding ortho intramolecular Hbond substituents is 2. The Morgan fingerprint density at radius 2 is 1.14 bits per heavy atom. The molecule has 142 valence electrons. The molecule has 28 heavy (non-hydrogen) atoms. The Bertz CT molecular complexity index is 1200. The molecule has 0 amide bonds. The van der Waals surface area contributed by atoms with E-state index in [1.807, 2.05) is 30.3 Å². The van der Waals surface area contributed by atoms with Crippen molar-refractivity contribution in [3.8, 4) is 39.9 Å². The van der Waals surface area contributed by atoms with Crippen molar-refractivity contribution in [2.75, 3.05) is 21.3 Å². The summed E-state index contributed by atoms with van der Waals surface area (Å²) in [4.78, 5) is 0. The van der Waals surface area contributed by atoms with Gasteiger partial charge < -0.3 is 24.4 Å². The van der Waals surface area contributed by atoms with Crippen molar-refractivity contribution >= 4 is 21.5 Å². The fraction of sp³-hybridized carbons (Fsp3) is 0.130. The van der Waals surface area contributed by atoms with Crippen molar-refractivity contribution in [1.82, 2.24) is 0 Å². The average molecular weight is 376 g/mol. The van der Waals surface area contributed by atoms with Gasteiger partial charge in [-0.2, -0.15) is 0 Å². The highest BCUT2D eigenvalue weighted by Gasteiger charge is 2.22. The Hall–Kier alpha value is -3.60. The van der Waals surface area contributed by atoms with Crippen LogP contribution in [0.3, 0.4) is 0 Å². The van der Waals surface area contributed by atoms with Crippen LogP contribution in [-0.2, 0) is 0 Å². The van der Waals surface area contributed by atoms with Gasteiger partial charge in [0.2, 0.25) is 0 Å². The summed E-state index contributed by atoms with van der Waals surface area (Å²) >= 11 is 0. The van der Waals surface area contributed by atoms with E-state index in [0.717, 1.165) is 32.7 Å². The molecule has 0 radical (unpaired) electrons. The Morgan fingerprint density at radius 3 is 1.75 bits per heavy atom. The molecule has 4 aromatic carbocycles. The van der Waals surface area contributed by atoms with Crippen molar-refractivity contribution in [2.24, 2.45) is 0 Å². The van der Waals surface area contributed by atoms with Crippen molar-refractivity contribution in [2.45, 2.75) is 0 Å². The molecule has 0 fully saturated rings. The van der Waals surface area contributed by atoms with E-state index in [2.05, 4.69) is 0 Å². The quantitative estimate of drug-likeness (QED) is 0.519. The summed E-state index contributed by atoms with van der Waals surface area (Å²) in [6, 6.07) is 16.0. The molecule has 5 heteroatoms. The first-order valence-corrected chi connectivity index (χ1v) is 8.75. The highest BCUT2D eigenvalue weighted by Crippen LogP contribution is 2.50. The number of fused-ring (bicyclic) bond motifs is 2. The Kier molecular flexibility index (Phi) is 4.35. The number of hydrogen-bond acceptors (Lipinski definition) is 5. The van der Waals surface area contributed by atoms with Crippen LogP contribution in [0.15, 0.2) is 54.6 Å². The van der Waals surface area contributed by atoms with E-state index in [-0.39, 0.29) is 11.5 Å². The number of phenols is 2. The van der Waals surface area contributed by atoms with Crippen LogP contribution in [0.1, 0.15) is 0 Å². The van der Waals surface area contributed by atoms with Crippen LogP contribution in [0.2, 0.25) is 0 Å². The van der Waals surface area contributed by atoms with Crippen LogP contribution < -0.4 is 14.2 Å². The molecule has 2 N–H and O–H groups in total. The summed E-state index contributed by atoms with van der Waals surface area (Å²) in [5, 5.41) is 23.6. The average Bonchev–Trinajstić information content (AvgIpc) is 2.71. The molecule has 0 spiro atoms. The molecule has 5 nitrogen and oxygen atoms in total. The van der Waals surface area contributed by atoms with Gasteiger partial charge >= 0.3 is 0 Å². The predicted octanol–water partition coefficient (Wildman–Crippen LogP) is 5.10. The lowest BCUT2D eigenvalue weighted by Gasteiger charge is -2.20. The van der Waals surface area contributed by atoms with Crippen LogP contribution >= 0.6 is 0 Å². The maximum atomic E-state index is 10.1. The topological polar surface area (TPSA) is 68.2 Å². The van der Waals surface area contributed by atoms with Crippen LogP contribution in [0, 0.1) is 0 Å². The first-order valence-electron chi connectivity index (χ1n) is 8.75. The van der Waals surface area contributed by atoms with E-state index >= 15 is 0 Å². The minimum Gasteiger partial charge on any atom is -0.508 e. The minimum absolute atomic E-state index is 0.142. The number of hydrogen-bond donors (Lipinski definition) is 2. The van der Waals surface area contributed by atoms with Gasteiger partial charge in [-0.05, 0) is 57.9 Å².